The van der Waals surface area contributed by atoms with Crippen molar-refractivity contribution in [3.63, 3.8) is 0 Å². The number of hydrogen-bond donors (Lipinski definition) is 2. The summed E-state index contributed by atoms with van der Waals surface area (Å²) in [4.78, 5) is 3.43. The molecule has 5 nitrogen and oxygen atoms in total. The lowest BCUT2D eigenvalue weighted by atomic mass is 10.4. The first-order chi connectivity index (χ1) is 9.45. The topological polar surface area (TPSA) is 65.2 Å². The summed E-state index contributed by atoms with van der Waals surface area (Å²) in [5, 5.41) is 3.38. The average Bonchev–Trinajstić information content (AvgIpc) is 3.09. The fourth-order valence-electron chi connectivity index (χ4n) is 2.22. The molecule has 1 heterocycles. The standard InChI is InChI=1S/C14H25N3O2S/c1-4-7-17(11(2)3)20(18,19)14-8-13(16-10-14)9-15-12-5-6-12/h8,10-12,15-16H,4-7,9H2,1-3H3. The van der Waals surface area contributed by atoms with E-state index in [-0.39, 0.29) is 6.04 Å². The van der Waals surface area contributed by atoms with Gasteiger partial charge in [0.2, 0.25) is 10.0 Å². The average molecular weight is 299 g/mol. The number of rotatable bonds is 8. The van der Waals surface area contributed by atoms with E-state index in [0.717, 1.165) is 12.1 Å². The SMILES string of the molecule is CCCN(C(C)C)S(=O)(=O)c1c[nH]c(CNC2CC2)c1. The van der Waals surface area contributed by atoms with Crippen LogP contribution in [0.1, 0.15) is 45.7 Å². The highest BCUT2D eigenvalue weighted by atomic mass is 32.2. The smallest absolute Gasteiger partial charge is 0.244 e. The largest absolute Gasteiger partial charge is 0.363 e. The highest BCUT2D eigenvalue weighted by Crippen LogP contribution is 2.21. The highest BCUT2D eigenvalue weighted by molar-refractivity contribution is 7.89. The predicted molar refractivity (Wildman–Crippen MR) is 80.0 cm³/mol. The van der Waals surface area contributed by atoms with Gasteiger partial charge in [-0.25, -0.2) is 8.42 Å². The molecule has 0 unspecified atom stereocenters. The van der Waals surface area contributed by atoms with Gasteiger partial charge in [0.15, 0.2) is 0 Å². The minimum atomic E-state index is -3.39. The van der Waals surface area contributed by atoms with Crippen LogP contribution in [0.4, 0.5) is 0 Å². The number of H-pyrrole nitrogens is 1. The molecule has 1 aromatic heterocycles. The van der Waals surface area contributed by atoms with E-state index in [0.29, 0.717) is 24.0 Å². The quantitative estimate of drug-likeness (QED) is 0.772. The lowest BCUT2D eigenvalue weighted by Crippen LogP contribution is -2.37. The first kappa shape index (κ1) is 15.5. The lowest BCUT2D eigenvalue weighted by molar-refractivity contribution is 0.354. The number of nitrogens with zero attached hydrogens (tertiary/aromatic N) is 1. The molecular weight excluding hydrogens is 274 g/mol. The van der Waals surface area contributed by atoms with Gasteiger partial charge >= 0.3 is 0 Å². The van der Waals surface area contributed by atoms with Crippen molar-refractivity contribution in [3.8, 4) is 0 Å². The van der Waals surface area contributed by atoms with Crippen molar-refractivity contribution in [3.05, 3.63) is 18.0 Å². The molecule has 0 radical (unpaired) electrons. The molecule has 0 bridgehead atoms. The molecule has 1 aromatic rings. The molecule has 0 aromatic carbocycles. The summed E-state index contributed by atoms with van der Waals surface area (Å²) in [5.74, 6) is 0. The predicted octanol–water partition coefficient (Wildman–Crippen LogP) is 2.08. The van der Waals surface area contributed by atoms with E-state index in [1.807, 2.05) is 20.8 Å². The molecule has 20 heavy (non-hydrogen) atoms. The maximum absolute atomic E-state index is 12.6. The second-order valence-electron chi connectivity index (χ2n) is 5.73. The Kier molecular flexibility index (Phi) is 4.88. The fraction of sp³-hybridized carbons (Fsp3) is 0.714. The van der Waals surface area contributed by atoms with Crippen molar-refractivity contribution in [1.29, 1.82) is 0 Å². The lowest BCUT2D eigenvalue weighted by Gasteiger charge is -2.24. The molecule has 1 aliphatic carbocycles. The monoisotopic (exact) mass is 299 g/mol. The summed E-state index contributed by atoms with van der Waals surface area (Å²) < 4.78 is 26.8. The van der Waals surface area contributed by atoms with E-state index < -0.39 is 10.0 Å². The first-order valence-corrected chi connectivity index (χ1v) is 8.81. The van der Waals surface area contributed by atoms with Crippen molar-refractivity contribution in [1.82, 2.24) is 14.6 Å². The molecule has 114 valence electrons. The van der Waals surface area contributed by atoms with Crippen LogP contribution in [0.2, 0.25) is 0 Å². The molecular formula is C14H25N3O2S. The first-order valence-electron chi connectivity index (χ1n) is 7.37. The van der Waals surface area contributed by atoms with Crippen LogP contribution in [0, 0.1) is 0 Å². The van der Waals surface area contributed by atoms with Crippen LogP contribution in [0.5, 0.6) is 0 Å². The summed E-state index contributed by atoms with van der Waals surface area (Å²) in [6.45, 7) is 7.08. The van der Waals surface area contributed by atoms with Crippen LogP contribution in [0.3, 0.4) is 0 Å². The van der Waals surface area contributed by atoms with Crippen LogP contribution in [-0.2, 0) is 16.6 Å². The molecule has 0 spiro atoms. The molecule has 0 amide bonds. The zero-order chi connectivity index (χ0) is 14.8. The summed E-state index contributed by atoms with van der Waals surface area (Å²) in [6, 6.07) is 2.34. The highest BCUT2D eigenvalue weighted by Gasteiger charge is 2.27. The van der Waals surface area contributed by atoms with Gasteiger partial charge in [-0.15, -0.1) is 0 Å². The minimum absolute atomic E-state index is 0.0251. The third kappa shape index (κ3) is 3.62. The van der Waals surface area contributed by atoms with E-state index >= 15 is 0 Å². The number of aromatic amines is 1. The Balaban J connectivity index is 2.10. The fourth-order valence-corrected chi connectivity index (χ4v) is 3.97. The molecule has 0 aliphatic heterocycles. The Bertz CT molecular complexity index is 532. The zero-order valence-electron chi connectivity index (χ0n) is 12.5. The van der Waals surface area contributed by atoms with Crippen LogP contribution in [0.15, 0.2) is 17.2 Å². The number of aromatic nitrogens is 1. The van der Waals surface area contributed by atoms with E-state index in [1.54, 1.807) is 16.6 Å². The Morgan fingerprint density at radius 1 is 1.45 bits per heavy atom. The zero-order valence-corrected chi connectivity index (χ0v) is 13.3. The number of nitrogens with one attached hydrogen (secondary N) is 2. The summed E-state index contributed by atoms with van der Waals surface area (Å²) in [6.07, 6.45) is 4.87. The van der Waals surface area contributed by atoms with Gasteiger partial charge in [-0.1, -0.05) is 6.92 Å². The molecule has 1 saturated carbocycles. The number of hydrogen-bond acceptors (Lipinski definition) is 3. The van der Waals surface area contributed by atoms with E-state index in [4.69, 9.17) is 0 Å². The summed E-state index contributed by atoms with van der Waals surface area (Å²) in [7, 11) is -3.39. The third-order valence-electron chi connectivity index (χ3n) is 3.50. The molecule has 2 rings (SSSR count). The Morgan fingerprint density at radius 3 is 2.70 bits per heavy atom. The van der Waals surface area contributed by atoms with E-state index in [9.17, 15) is 8.42 Å². The van der Waals surface area contributed by atoms with Crippen LogP contribution in [0.25, 0.3) is 0 Å². The van der Waals surface area contributed by atoms with Gasteiger partial charge in [0, 0.05) is 37.1 Å². The summed E-state index contributed by atoms with van der Waals surface area (Å²) >= 11 is 0. The van der Waals surface area contributed by atoms with Crippen LogP contribution >= 0.6 is 0 Å². The van der Waals surface area contributed by atoms with Crippen molar-refractivity contribution >= 4 is 10.0 Å². The molecule has 1 fully saturated rings. The van der Waals surface area contributed by atoms with Crippen LogP contribution in [-0.4, -0.2) is 36.3 Å². The van der Waals surface area contributed by atoms with Gasteiger partial charge in [0.25, 0.3) is 0 Å². The van der Waals surface area contributed by atoms with Crippen molar-refractivity contribution in [2.24, 2.45) is 0 Å². The normalized spacial score (nSPS) is 16.2. The van der Waals surface area contributed by atoms with Crippen molar-refractivity contribution < 1.29 is 8.42 Å². The van der Waals surface area contributed by atoms with E-state index in [2.05, 4.69) is 10.3 Å². The number of sulfonamides is 1. The van der Waals surface area contributed by atoms with Gasteiger partial charge in [-0.3, -0.25) is 0 Å². The molecule has 2 N–H and O–H groups in total. The maximum Gasteiger partial charge on any atom is 0.244 e. The van der Waals surface area contributed by atoms with Gasteiger partial charge in [-0.05, 0) is 39.2 Å². The second-order valence-corrected chi connectivity index (χ2v) is 7.62. The Labute approximate surface area is 121 Å². The van der Waals surface area contributed by atoms with Crippen molar-refractivity contribution in [2.75, 3.05) is 6.54 Å². The summed E-state index contributed by atoms with van der Waals surface area (Å²) in [5.41, 5.74) is 0.927. The second kappa shape index (κ2) is 6.28. The van der Waals surface area contributed by atoms with Gasteiger partial charge in [-0.2, -0.15) is 4.31 Å². The maximum atomic E-state index is 12.6. The molecule has 1 aliphatic rings. The molecule has 0 atom stereocenters. The Hall–Kier alpha value is -0.850. The van der Waals surface area contributed by atoms with Crippen molar-refractivity contribution in [2.45, 2.75) is 63.6 Å². The third-order valence-corrected chi connectivity index (χ3v) is 5.55. The molecule has 0 saturated heterocycles. The van der Waals surface area contributed by atoms with Gasteiger partial charge < -0.3 is 10.3 Å². The van der Waals surface area contributed by atoms with Crippen LogP contribution < -0.4 is 5.32 Å². The van der Waals surface area contributed by atoms with Gasteiger partial charge in [0.1, 0.15) is 0 Å². The van der Waals surface area contributed by atoms with Gasteiger partial charge in [0.05, 0.1) is 4.90 Å². The minimum Gasteiger partial charge on any atom is -0.363 e. The van der Waals surface area contributed by atoms with E-state index in [1.165, 1.54) is 12.8 Å². The Morgan fingerprint density at radius 2 is 2.15 bits per heavy atom. The molecule has 6 heteroatoms.